The first kappa shape index (κ1) is 13.1. The molecule has 1 aromatic rings. The number of carbonyl (C=O) groups is 1. The Labute approximate surface area is 112 Å². The van der Waals surface area contributed by atoms with Crippen molar-refractivity contribution in [3.8, 4) is 0 Å². The molecule has 0 aromatic carbocycles. The molecule has 1 aromatic heterocycles. The molecule has 1 aliphatic rings. The van der Waals surface area contributed by atoms with Crippen LogP contribution in [0.2, 0.25) is 5.28 Å². The molecule has 18 heavy (non-hydrogen) atoms. The predicted octanol–water partition coefficient (Wildman–Crippen LogP) is 1.50. The van der Waals surface area contributed by atoms with Crippen LogP contribution in [0.4, 0.5) is 5.82 Å². The number of aromatic nitrogens is 2. The average molecular weight is 269 g/mol. The van der Waals surface area contributed by atoms with Crippen molar-refractivity contribution in [1.29, 1.82) is 0 Å². The van der Waals surface area contributed by atoms with Gasteiger partial charge in [-0.15, -0.1) is 0 Å². The van der Waals surface area contributed by atoms with Gasteiger partial charge in [-0.25, -0.2) is 9.97 Å². The minimum absolute atomic E-state index is 0.0844. The fourth-order valence-corrected chi connectivity index (χ4v) is 2.49. The van der Waals surface area contributed by atoms with Crippen LogP contribution in [-0.4, -0.2) is 46.5 Å². The zero-order valence-electron chi connectivity index (χ0n) is 11.1. The number of halogens is 1. The highest BCUT2D eigenvalue weighted by molar-refractivity contribution is 6.28. The van der Waals surface area contributed by atoms with E-state index < -0.39 is 5.54 Å². The third-order valence-electron chi connectivity index (χ3n) is 3.29. The molecule has 1 aliphatic heterocycles. The van der Waals surface area contributed by atoms with Crippen molar-refractivity contribution in [3.05, 3.63) is 17.0 Å². The minimum Gasteiger partial charge on any atom is -0.342 e. The third kappa shape index (κ3) is 2.14. The first-order chi connectivity index (χ1) is 8.32. The second-order valence-corrected chi connectivity index (χ2v) is 5.41. The molecule has 98 valence electrons. The van der Waals surface area contributed by atoms with E-state index in [0.29, 0.717) is 12.4 Å². The summed E-state index contributed by atoms with van der Waals surface area (Å²) in [5, 5.41) is 0.215. The fraction of sp³-hybridized carbons (Fsp3) is 0.583. The van der Waals surface area contributed by atoms with E-state index in [1.54, 1.807) is 4.90 Å². The summed E-state index contributed by atoms with van der Waals surface area (Å²) >= 11 is 5.88. The molecule has 0 aliphatic carbocycles. The number of piperazine rings is 1. The lowest BCUT2D eigenvalue weighted by atomic mass is 9.98. The molecule has 1 fully saturated rings. The number of rotatable bonds is 1. The monoisotopic (exact) mass is 268 g/mol. The molecule has 1 saturated heterocycles. The standard InChI is InChI=1S/C12H17ClN4O/c1-8-7-9(15-11(13)14-8)17-6-5-16(4)10(18)12(17,2)3/h7H,5-6H2,1-4H3. The molecule has 0 spiro atoms. The van der Waals surface area contributed by atoms with Gasteiger partial charge >= 0.3 is 0 Å². The fourth-order valence-electron chi connectivity index (χ4n) is 2.27. The molecule has 0 saturated carbocycles. The maximum atomic E-state index is 12.2. The second kappa shape index (κ2) is 4.39. The van der Waals surface area contributed by atoms with Crippen molar-refractivity contribution < 1.29 is 4.79 Å². The van der Waals surface area contributed by atoms with Gasteiger partial charge in [-0.3, -0.25) is 4.79 Å². The van der Waals surface area contributed by atoms with Crippen LogP contribution in [0.3, 0.4) is 0 Å². The van der Waals surface area contributed by atoms with Gasteiger partial charge in [-0.2, -0.15) is 0 Å². The number of anilines is 1. The molecular formula is C12H17ClN4O. The van der Waals surface area contributed by atoms with E-state index in [4.69, 9.17) is 11.6 Å². The summed E-state index contributed by atoms with van der Waals surface area (Å²) in [6.45, 7) is 7.08. The molecule has 2 heterocycles. The van der Waals surface area contributed by atoms with Crippen LogP contribution in [-0.2, 0) is 4.79 Å². The van der Waals surface area contributed by atoms with Gasteiger partial charge in [0.15, 0.2) is 0 Å². The Hall–Kier alpha value is -1.36. The molecule has 0 bridgehead atoms. The van der Waals surface area contributed by atoms with Gasteiger partial charge in [-0.1, -0.05) is 0 Å². The Balaban J connectivity index is 2.41. The minimum atomic E-state index is -0.614. The van der Waals surface area contributed by atoms with Crippen LogP contribution in [0.25, 0.3) is 0 Å². The summed E-state index contributed by atoms with van der Waals surface area (Å²) in [7, 11) is 1.82. The predicted molar refractivity (Wildman–Crippen MR) is 70.8 cm³/mol. The zero-order chi connectivity index (χ0) is 13.5. The van der Waals surface area contributed by atoms with Gasteiger partial charge < -0.3 is 9.80 Å². The topological polar surface area (TPSA) is 49.3 Å². The van der Waals surface area contributed by atoms with Crippen LogP contribution in [0.5, 0.6) is 0 Å². The van der Waals surface area contributed by atoms with Crippen molar-refractivity contribution in [2.24, 2.45) is 0 Å². The van der Waals surface area contributed by atoms with E-state index in [0.717, 1.165) is 12.2 Å². The Morgan fingerprint density at radius 1 is 1.33 bits per heavy atom. The summed E-state index contributed by atoms with van der Waals surface area (Å²) in [6, 6.07) is 1.85. The Morgan fingerprint density at radius 3 is 2.61 bits per heavy atom. The van der Waals surface area contributed by atoms with Gasteiger partial charge in [0.1, 0.15) is 11.4 Å². The van der Waals surface area contributed by atoms with Gasteiger partial charge in [0, 0.05) is 31.9 Å². The molecule has 1 amide bonds. The number of carbonyl (C=O) groups excluding carboxylic acids is 1. The first-order valence-corrected chi connectivity index (χ1v) is 6.24. The molecule has 0 radical (unpaired) electrons. The summed E-state index contributed by atoms with van der Waals surface area (Å²) in [6.07, 6.45) is 0. The number of nitrogens with zero attached hydrogens (tertiary/aromatic N) is 4. The van der Waals surface area contributed by atoms with Gasteiger partial charge in [0.25, 0.3) is 0 Å². The zero-order valence-corrected chi connectivity index (χ0v) is 11.8. The van der Waals surface area contributed by atoms with Crippen molar-refractivity contribution in [2.75, 3.05) is 25.0 Å². The maximum absolute atomic E-state index is 12.2. The average Bonchev–Trinajstić information content (AvgIpc) is 2.24. The van der Waals surface area contributed by atoms with Gasteiger partial charge in [0.2, 0.25) is 11.2 Å². The smallest absolute Gasteiger partial charge is 0.247 e. The molecule has 0 unspecified atom stereocenters. The third-order valence-corrected chi connectivity index (χ3v) is 3.46. The number of aryl methyl sites for hydroxylation is 1. The molecule has 5 nitrogen and oxygen atoms in total. The highest BCUT2D eigenvalue weighted by atomic mass is 35.5. The lowest BCUT2D eigenvalue weighted by Crippen LogP contribution is -2.62. The lowest BCUT2D eigenvalue weighted by Gasteiger charge is -2.45. The van der Waals surface area contributed by atoms with E-state index in [9.17, 15) is 4.79 Å². The van der Waals surface area contributed by atoms with E-state index >= 15 is 0 Å². The SMILES string of the molecule is Cc1cc(N2CCN(C)C(=O)C2(C)C)nc(Cl)n1. The lowest BCUT2D eigenvalue weighted by molar-refractivity contribution is -0.136. The van der Waals surface area contributed by atoms with Crippen molar-refractivity contribution in [2.45, 2.75) is 26.3 Å². The van der Waals surface area contributed by atoms with Crippen LogP contribution < -0.4 is 4.90 Å². The Bertz CT molecular complexity index is 469. The van der Waals surface area contributed by atoms with E-state index in [-0.39, 0.29) is 11.2 Å². The Kier molecular flexibility index (Phi) is 3.19. The van der Waals surface area contributed by atoms with E-state index in [1.807, 2.05) is 38.8 Å². The quantitative estimate of drug-likeness (QED) is 0.724. The number of likely N-dealkylation sites (N-methyl/N-ethyl adjacent to an activating group) is 1. The highest BCUT2D eigenvalue weighted by Gasteiger charge is 2.41. The maximum Gasteiger partial charge on any atom is 0.247 e. The van der Waals surface area contributed by atoms with Crippen LogP contribution >= 0.6 is 11.6 Å². The van der Waals surface area contributed by atoms with Crippen LogP contribution in [0.1, 0.15) is 19.5 Å². The van der Waals surface area contributed by atoms with Crippen molar-refractivity contribution >= 4 is 23.3 Å². The normalized spacial score (nSPS) is 19.3. The summed E-state index contributed by atoms with van der Waals surface area (Å²) in [5.41, 5.74) is 0.184. The summed E-state index contributed by atoms with van der Waals surface area (Å²) in [5.74, 6) is 0.792. The largest absolute Gasteiger partial charge is 0.342 e. The molecule has 0 atom stereocenters. The van der Waals surface area contributed by atoms with Crippen LogP contribution in [0.15, 0.2) is 6.07 Å². The highest BCUT2D eigenvalue weighted by Crippen LogP contribution is 2.27. The van der Waals surface area contributed by atoms with Crippen LogP contribution in [0, 0.1) is 6.92 Å². The number of amides is 1. The number of hydrogen-bond acceptors (Lipinski definition) is 4. The van der Waals surface area contributed by atoms with Crippen molar-refractivity contribution in [3.63, 3.8) is 0 Å². The molecular weight excluding hydrogens is 252 g/mol. The summed E-state index contributed by atoms with van der Waals surface area (Å²) in [4.78, 5) is 24.2. The summed E-state index contributed by atoms with van der Waals surface area (Å²) < 4.78 is 0. The molecule has 2 rings (SSSR count). The first-order valence-electron chi connectivity index (χ1n) is 5.87. The molecule has 6 heteroatoms. The molecule has 0 N–H and O–H groups in total. The van der Waals surface area contributed by atoms with E-state index in [2.05, 4.69) is 9.97 Å². The number of hydrogen-bond donors (Lipinski definition) is 0. The second-order valence-electron chi connectivity index (χ2n) is 5.07. The Morgan fingerprint density at radius 2 is 2.00 bits per heavy atom. The van der Waals surface area contributed by atoms with Gasteiger partial charge in [-0.05, 0) is 32.4 Å². The van der Waals surface area contributed by atoms with Crippen molar-refractivity contribution in [1.82, 2.24) is 14.9 Å². The van der Waals surface area contributed by atoms with E-state index in [1.165, 1.54) is 0 Å². The van der Waals surface area contributed by atoms with Gasteiger partial charge in [0.05, 0.1) is 0 Å².